The third-order valence-corrected chi connectivity index (χ3v) is 5.40. The van der Waals surface area contributed by atoms with Crippen molar-refractivity contribution in [1.29, 1.82) is 0 Å². The molecule has 0 saturated heterocycles. The molecule has 0 atom stereocenters. The largest absolute Gasteiger partial charge is 0.478 e. The summed E-state index contributed by atoms with van der Waals surface area (Å²) in [5.74, 6) is -0.107. The molecule has 0 aliphatic heterocycles. The zero-order valence-electron chi connectivity index (χ0n) is 16.5. The van der Waals surface area contributed by atoms with Crippen molar-refractivity contribution in [3.05, 3.63) is 81.9 Å². The van der Waals surface area contributed by atoms with Crippen molar-refractivity contribution in [2.45, 2.75) is 52.0 Å². The van der Waals surface area contributed by atoms with E-state index in [1.54, 1.807) is 12.1 Å². The molecule has 2 aromatic heterocycles. The molecule has 29 heavy (non-hydrogen) atoms. The fourth-order valence-electron chi connectivity index (χ4n) is 4.06. The molecule has 0 fully saturated rings. The van der Waals surface area contributed by atoms with E-state index in [4.69, 9.17) is 4.98 Å². The van der Waals surface area contributed by atoms with Crippen LogP contribution in [0.25, 0.3) is 0 Å². The van der Waals surface area contributed by atoms with Crippen molar-refractivity contribution in [2.75, 3.05) is 0 Å². The topological polar surface area (TPSA) is 68.0 Å². The van der Waals surface area contributed by atoms with Gasteiger partial charge in [0.15, 0.2) is 0 Å². The minimum Gasteiger partial charge on any atom is -0.478 e. The van der Waals surface area contributed by atoms with Crippen LogP contribution >= 0.6 is 0 Å². The van der Waals surface area contributed by atoms with Crippen LogP contribution in [0.4, 0.5) is 4.39 Å². The lowest BCUT2D eigenvalue weighted by Crippen LogP contribution is -2.09. The average molecular weight is 393 g/mol. The highest BCUT2D eigenvalue weighted by Crippen LogP contribution is 2.25. The molecular formula is C23H24FN3O2. The lowest BCUT2D eigenvalue weighted by Gasteiger charge is -2.12. The van der Waals surface area contributed by atoms with E-state index < -0.39 is 5.97 Å². The van der Waals surface area contributed by atoms with Crippen molar-refractivity contribution in [3.63, 3.8) is 0 Å². The molecule has 1 aromatic carbocycles. The number of carboxylic acids is 1. The Morgan fingerprint density at radius 3 is 2.69 bits per heavy atom. The molecule has 0 amide bonds. The van der Waals surface area contributed by atoms with Crippen LogP contribution in [0.3, 0.4) is 0 Å². The quantitative estimate of drug-likeness (QED) is 0.655. The average Bonchev–Trinajstić information content (AvgIpc) is 3.26. The molecule has 0 bridgehead atoms. The number of carboxylic acid groups (broad SMARTS) is 1. The van der Waals surface area contributed by atoms with E-state index in [9.17, 15) is 14.3 Å². The van der Waals surface area contributed by atoms with Crippen LogP contribution in [-0.2, 0) is 32.2 Å². The van der Waals surface area contributed by atoms with Gasteiger partial charge in [-0.2, -0.15) is 0 Å². The third kappa shape index (κ3) is 4.36. The Labute approximate surface area is 169 Å². The minimum absolute atomic E-state index is 0.226. The highest BCUT2D eigenvalue weighted by atomic mass is 19.1. The lowest BCUT2D eigenvalue weighted by atomic mass is 10.1. The van der Waals surface area contributed by atoms with Crippen LogP contribution in [0.2, 0.25) is 0 Å². The van der Waals surface area contributed by atoms with Gasteiger partial charge in [-0.3, -0.25) is 4.98 Å². The molecule has 0 spiro atoms. The number of hydrogen-bond acceptors (Lipinski definition) is 3. The van der Waals surface area contributed by atoms with Crippen molar-refractivity contribution in [3.8, 4) is 0 Å². The summed E-state index contributed by atoms with van der Waals surface area (Å²) in [6, 6.07) is 9.88. The standard InChI is InChI=1S/C23H24FN3O2/c1-15-12-17(23(28)29)13-19(25-15)4-2-7-22-26-20-5-3-6-21(20)27(22)14-16-8-10-18(24)11-9-16/h8-13H,2-7,14H2,1H3,(H,28,29). The molecule has 0 saturated carbocycles. The van der Waals surface area contributed by atoms with Gasteiger partial charge in [0.1, 0.15) is 11.6 Å². The molecule has 4 rings (SSSR count). The number of aryl methyl sites for hydroxylation is 4. The second-order valence-electron chi connectivity index (χ2n) is 7.63. The highest BCUT2D eigenvalue weighted by molar-refractivity contribution is 5.87. The molecule has 3 aromatic rings. The van der Waals surface area contributed by atoms with E-state index in [1.165, 1.54) is 23.5 Å². The first-order chi connectivity index (χ1) is 14.0. The van der Waals surface area contributed by atoms with Crippen LogP contribution < -0.4 is 0 Å². The number of pyridine rings is 1. The molecule has 0 radical (unpaired) electrons. The number of aromatic carboxylic acids is 1. The van der Waals surface area contributed by atoms with Gasteiger partial charge in [0, 0.05) is 30.0 Å². The maximum atomic E-state index is 13.2. The van der Waals surface area contributed by atoms with E-state index in [0.29, 0.717) is 13.0 Å². The number of halogens is 1. The van der Waals surface area contributed by atoms with E-state index in [-0.39, 0.29) is 11.4 Å². The van der Waals surface area contributed by atoms with Crippen LogP contribution in [0.5, 0.6) is 0 Å². The Kier molecular flexibility index (Phi) is 5.43. The predicted molar refractivity (Wildman–Crippen MR) is 108 cm³/mol. The second kappa shape index (κ2) is 8.15. The van der Waals surface area contributed by atoms with Gasteiger partial charge in [-0.1, -0.05) is 12.1 Å². The Bertz CT molecular complexity index is 1040. The minimum atomic E-state index is -0.928. The van der Waals surface area contributed by atoms with E-state index >= 15 is 0 Å². The molecule has 150 valence electrons. The molecule has 0 unspecified atom stereocenters. The molecule has 1 N–H and O–H groups in total. The number of carbonyl (C=O) groups is 1. The maximum Gasteiger partial charge on any atom is 0.335 e. The first-order valence-electron chi connectivity index (χ1n) is 10.0. The first-order valence-corrected chi connectivity index (χ1v) is 10.0. The summed E-state index contributed by atoms with van der Waals surface area (Å²) in [7, 11) is 0. The SMILES string of the molecule is Cc1cc(C(=O)O)cc(CCCc2nc3c(n2Cc2ccc(F)cc2)CCC3)n1. The van der Waals surface area contributed by atoms with Crippen LogP contribution in [0, 0.1) is 12.7 Å². The van der Waals surface area contributed by atoms with Crippen LogP contribution in [0.1, 0.15) is 57.4 Å². The fraction of sp³-hybridized carbons (Fsp3) is 0.348. The van der Waals surface area contributed by atoms with E-state index in [1.807, 2.05) is 19.1 Å². The molecule has 1 aliphatic rings. The summed E-state index contributed by atoms with van der Waals surface area (Å²) in [6.45, 7) is 2.51. The molecule has 5 nitrogen and oxygen atoms in total. The predicted octanol–water partition coefficient (Wildman–Crippen LogP) is 4.14. The maximum absolute atomic E-state index is 13.2. The van der Waals surface area contributed by atoms with E-state index in [2.05, 4.69) is 9.55 Å². The van der Waals surface area contributed by atoms with Gasteiger partial charge in [-0.25, -0.2) is 14.2 Å². The summed E-state index contributed by atoms with van der Waals surface area (Å²) < 4.78 is 15.5. The Balaban J connectivity index is 1.49. The number of nitrogens with zero attached hydrogens (tertiary/aromatic N) is 3. The fourth-order valence-corrected chi connectivity index (χ4v) is 4.06. The number of imidazole rings is 1. The summed E-state index contributed by atoms with van der Waals surface area (Å²) in [4.78, 5) is 20.6. The number of hydrogen-bond donors (Lipinski definition) is 1. The van der Waals surface area contributed by atoms with E-state index in [0.717, 1.165) is 54.9 Å². The first kappa shape index (κ1) is 19.3. The molecule has 2 heterocycles. The summed E-state index contributed by atoms with van der Waals surface area (Å²) in [6.07, 6.45) is 5.52. The van der Waals surface area contributed by atoms with Crippen LogP contribution in [0.15, 0.2) is 36.4 Å². The van der Waals surface area contributed by atoms with Gasteiger partial charge in [0.25, 0.3) is 0 Å². The Hall–Kier alpha value is -3.02. The molecular weight excluding hydrogens is 369 g/mol. The number of rotatable bonds is 7. The van der Waals surface area contributed by atoms with Gasteiger partial charge >= 0.3 is 5.97 Å². The number of aromatic nitrogens is 3. The van der Waals surface area contributed by atoms with Gasteiger partial charge in [0.05, 0.1) is 11.3 Å². The zero-order chi connectivity index (χ0) is 20.4. The van der Waals surface area contributed by atoms with Crippen molar-refractivity contribution < 1.29 is 14.3 Å². The Morgan fingerprint density at radius 2 is 1.93 bits per heavy atom. The normalized spacial score (nSPS) is 12.9. The van der Waals surface area contributed by atoms with Crippen molar-refractivity contribution in [2.24, 2.45) is 0 Å². The number of benzene rings is 1. The van der Waals surface area contributed by atoms with Gasteiger partial charge in [-0.05, 0) is 68.9 Å². The van der Waals surface area contributed by atoms with Gasteiger partial charge in [0.2, 0.25) is 0 Å². The molecule has 1 aliphatic carbocycles. The van der Waals surface area contributed by atoms with Crippen molar-refractivity contribution in [1.82, 2.24) is 14.5 Å². The van der Waals surface area contributed by atoms with Crippen molar-refractivity contribution >= 4 is 5.97 Å². The third-order valence-electron chi connectivity index (χ3n) is 5.40. The smallest absolute Gasteiger partial charge is 0.335 e. The van der Waals surface area contributed by atoms with Gasteiger partial charge in [-0.15, -0.1) is 0 Å². The monoisotopic (exact) mass is 393 g/mol. The summed E-state index contributed by atoms with van der Waals surface area (Å²) in [5.41, 5.74) is 5.34. The lowest BCUT2D eigenvalue weighted by molar-refractivity contribution is 0.0696. The summed E-state index contributed by atoms with van der Waals surface area (Å²) in [5, 5.41) is 9.23. The highest BCUT2D eigenvalue weighted by Gasteiger charge is 2.21. The summed E-state index contributed by atoms with van der Waals surface area (Å²) >= 11 is 0. The van der Waals surface area contributed by atoms with Crippen LogP contribution in [-0.4, -0.2) is 25.6 Å². The zero-order valence-corrected chi connectivity index (χ0v) is 16.5. The Morgan fingerprint density at radius 1 is 1.14 bits per heavy atom. The number of fused-ring (bicyclic) bond motifs is 1. The second-order valence-corrected chi connectivity index (χ2v) is 7.63. The van der Waals surface area contributed by atoms with Gasteiger partial charge < -0.3 is 9.67 Å². The molecule has 6 heteroatoms.